The Bertz CT molecular complexity index is 795. The summed E-state index contributed by atoms with van der Waals surface area (Å²) in [5.41, 5.74) is 0.545. The maximum absolute atomic E-state index is 12.9. The van der Waals surface area contributed by atoms with Gasteiger partial charge in [0.25, 0.3) is 5.91 Å². The fourth-order valence-electron chi connectivity index (χ4n) is 4.34. The van der Waals surface area contributed by atoms with Crippen LogP contribution in [0.2, 0.25) is 0 Å². The third-order valence-electron chi connectivity index (χ3n) is 6.19. The summed E-state index contributed by atoms with van der Waals surface area (Å²) in [5, 5.41) is 0. The predicted octanol–water partition coefficient (Wildman–Crippen LogP) is 2.36. The molecule has 0 saturated carbocycles. The summed E-state index contributed by atoms with van der Waals surface area (Å²) in [4.78, 5) is 41.4. The molecule has 8 nitrogen and oxygen atoms in total. The number of likely N-dealkylation sites (tertiary alicyclic amines) is 2. The predicted molar refractivity (Wildman–Crippen MR) is 114 cm³/mol. The molecular weight excluding hydrogens is 400 g/mol. The third-order valence-corrected chi connectivity index (χ3v) is 6.19. The molecule has 0 atom stereocenters. The number of amides is 2. The van der Waals surface area contributed by atoms with E-state index in [1.54, 1.807) is 44.2 Å². The number of hydrogen-bond donors (Lipinski definition) is 0. The minimum absolute atomic E-state index is 0.0675. The normalized spacial score (nSPS) is 17.9. The molecule has 2 aliphatic heterocycles. The van der Waals surface area contributed by atoms with E-state index in [4.69, 9.17) is 14.2 Å². The first-order valence-electron chi connectivity index (χ1n) is 10.9. The van der Waals surface area contributed by atoms with Crippen molar-refractivity contribution >= 4 is 17.8 Å². The van der Waals surface area contributed by atoms with Crippen molar-refractivity contribution < 1.29 is 28.6 Å². The highest BCUT2D eigenvalue weighted by atomic mass is 16.5. The zero-order valence-electron chi connectivity index (χ0n) is 18.6. The second kappa shape index (κ2) is 10.5. The van der Waals surface area contributed by atoms with Crippen LogP contribution < -0.4 is 9.47 Å². The van der Waals surface area contributed by atoms with Crippen molar-refractivity contribution in [3.05, 3.63) is 23.8 Å². The Morgan fingerprint density at radius 2 is 1.45 bits per heavy atom. The minimum Gasteiger partial charge on any atom is -0.493 e. The Morgan fingerprint density at radius 1 is 0.871 bits per heavy atom. The first kappa shape index (κ1) is 22.9. The molecule has 2 amide bonds. The van der Waals surface area contributed by atoms with Gasteiger partial charge in [0.1, 0.15) is 0 Å². The largest absolute Gasteiger partial charge is 0.493 e. The van der Waals surface area contributed by atoms with Crippen LogP contribution in [0.4, 0.5) is 0 Å². The summed E-state index contributed by atoms with van der Waals surface area (Å²) in [6.45, 7) is 4.46. The Hall–Kier alpha value is -2.77. The number of methoxy groups -OCH3 is 2. The van der Waals surface area contributed by atoms with Crippen LogP contribution in [-0.4, -0.2) is 74.6 Å². The van der Waals surface area contributed by atoms with Gasteiger partial charge in [-0.1, -0.05) is 0 Å². The van der Waals surface area contributed by atoms with Crippen molar-refractivity contribution in [3.63, 3.8) is 0 Å². The highest BCUT2D eigenvalue weighted by Gasteiger charge is 2.34. The van der Waals surface area contributed by atoms with E-state index in [1.165, 1.54) is 0 Å². The number of benzene rings is 1. The van der Waals surface area contributed by atoms with Crippen molar-refractivity contribution in [1.29, 1.82) is 0 Å². The van der Waals surface area contributed by atoms with Crippen LogP contribution in [-0.2, 0) is 14.3 Å². The monoisotopic (exact) mass is 432 g/mol. The average Bonchev–Trinajstić information content (AvgIpc) is 2.83. The maximum atomic E-state index is 12.9. The van der Waals surface area contributed by atoms with E-state index < -0.39 is 0 Å². The summed E-state index contributed by atoms with van der Waals surface area (Å²) >= 11 is 0. The molecule has 2 fully saturated rings. The first-order chi connectivity index (χ1) is 15.0. The number of ether oxygens (including phenoxy) is 3. The van der Waals surface area contributed by atoms with Gasteiger partial charge in [0.05, 0.1) is 26.7 Å². The Morgan fingerprint density at radius 3 is 2.03 bits per heavy atom. The minimum atomic E-state index is -0.156. The van der Waals surface area contributed by atoms with Gasteiger partial charge in [-0.2, -0.15) is 0 Å². The Kier molecular flexibility index (Phi) is 7.76. The molecule has 8 heteroatoms. The number of nitrogens with zero attached hydrogens (tertiary/aromatic N) is 2. The Labute approximate surface area is 183 Å². The summed E-state index contributed by atoms with van der Waals surface area (Å²) < 4.78 is 15.6. The lowest BCUT2D eigenvalue weighted by molar-refractivity contribution is -0.152. The van der Waals surface area contributed by atoms with Crippen molar-refractivity contribution in [2.45, 2.75) is 32.6 Å². The van der Waals surface area contributed by atoms with Gasteiger partial charge in [-0.25, -0.2) is 0 Å². The molecule has 0 radical (unpaired) electrons. The highest BCUT2D eigenvalue weighted by molar-refractivity contribution is 5.95. The number of piperidine rings is 2. The standard InChI is InChI=1S/C23H32N2O6/c1-4-31-23(28)17-9-13-24(14-10-17)21(26)16-7-11-25(12-8-16)22(27)18-5-6-19(29-2)20(15-18)30-3/h5-6,15-17H,4,7-14H2,1-3H3. The molecule has 31 heavy (non-hydrogen) atoms. The topological polar surface area (TPSA) is 85.4 Å². The second-order valence-electron chi connectivity index (χ2n) is 7.99. The van der Waals surface area contributed by atoms with Crippen LogP contribution in [0.5, 0.6) is 11.5 Å². The van der Waals surface area contributed by atoms with Gasteiger partial charge in [0.2, 0.25) is 5.91 Å². The molecule has 0 bridgehead atoms. The van der Waals surface area contributed by atoms with Crippen LogP contribution in [0.15, 0.2) is 18.2 Å². The van der Waals surface area contributed by atoms with E-state index in [0.717, 1.165) is 0 Å². The van der Waals surface area contributed by atoms with E-state index in [1.807, 2.05) is 4.90 Å². The van der Waals surface area contributed by atoms with Gasteiger partial charge in [-0.15, -0.1) is 0 Å². The zero-order chi connectivity index (χ0) is 22.4. The summed E-state index contributed by atoms with van der Waals surface area (Å²) in [5.74, 6) is 0.831. The van der Waals surface area contributed by atoms with Crippen molar-refractivity contribution in [2.75, 3.05) is 47.0 Å². The van der Waals surface area contributed by atoms with E-state index in [-0.39, 0.29) is 29.6 Å². The lowest BCUT2D eigenvalue weighted by atomic mass is 9.92. The smallest absolute Gasteiger partial charge is 0.309 e. The molecular formula is C23H32N2O6. The number of esters is 1. The van der Waals surface area contributed by atoms with Crippen LogP contribution in [0.25, 0.3) is 0 Å². The lowest BCUT2D eigenvalue weighted by Crippen LogP contribution is -2.47. The Balaban J connectivity index is 1.51. The number of rotatable bonds is 6. The molecule has 3 rings (SSSR count). The van der Waals surface area contributed by atoms with Crippen LogP contribution in [0.1, 0.15) is 43.0 Å². The van der Waals surface area contributed by atoms with Gasteiger partial charge < -0.3 is 24.0 Å². The fraction of sp³-hybridized carbons (Fsp3) is 0.609. The number of carbonyl (C=O) groups excluding carboxylic acids is 3. The van der Waals surface area contributed by atoms with Crippen LogP contribution >= 0.6 is 0 Å². The van der Waals surface area contributed by atoms with E-state index in [2.05, 4.69) is 0 Å². The molecule has 0 unspecified atom stereocenters. The molecule has 0 spiro atoms. The quantitative estimate of drug-likeness (QED) is 0.642. The summed E-state index contributed by atoms with van der Waals surface area (Å²) in [6, 6.07) is 5.14. The van der Waals surface area contributed by atoms with Crippen molar-refractivity contribution in [1.82, 2.24) is 9.80 Å². The zero-order valence-corrected chi connectivity index (χ0v) is 18.6. The highest BCUT2D eigenvalue weighted by Crippen LogP contribution is 2.29. The van der Waals surface area contributed by atoms with Gasteiger partial charge in [-0.05, 0) is 50.8 Å². The first-order valence-corrected chi connectivity index (χ1v) is 10.9. The summed E-state index contributed by atoms with van der Waals surface area (Å²) in [6.07, 6.45) is 2.60. The number of carbonyl (C=O) groups is 3. The van der Waals surface area contributed by atoms with Crippen molar-refractivity contribution in [2.24, 2.45) is 11.8 Å². The molecule has 1 aromatic rings. The lowest BCUT2D eigenvalue weighted by Gasteiger charge is -2.37. The van der Waals surface area contributed by atoms with Crippen LogP contribution in [0, 0.1) is 11.8 Å². The van der Waals surface area contributed by atoms with Gasteiger partial charge in [-0.3, -0.25) is 14.4 Å². The summed E-state index contributed by atoms with van der Waals surface area (Å²) in [7, 11) is 3.10. The molecule has 170 valence electrons. The van der Waals surface area contributed by atoms with E-state index in [9.17, 15) is 14.4 Å². The average molecular weight is 433 g/mol. The van der Waals surface area contributed by atoms with Gasteiger partial charge in [0, 0.05) is 37.7 Å². The molecule has 1 aromatic carbocycles. The van der Waals surface area contributed by atoms with Gasteiger partial charge >= 0.3 is 5.97 Å². The maximum Gasteiger partial charge on any atom is 0.309 e. The fourth-order valence-corrected chi connectivity index (χ4v) is 4.34. The molecule has 0 aromatic heterocycles. The van der Waals surface area contributed by atoms with Crippen LogP contribution in [0.3, 0.4) is 0 Å². The SMILES string of the molecule is CCOC(=O)C1CCN(C(=O)C2CCN(C(=O)c3ccc(OC)c(OC)c3)CC2)CC1. The van der Waals surface area contributed by atoms with E-state index in [0.29, 0.717) is 75.5 Å². The molecule has 2 saturated heterocycles. The third kappa shape index (κ3) is 5.29. The molecule has 2 heterocycles. The second-order valence-corrected chi connectivity index (χ2v) is 7.99. The van der Waals surface area contributed by atoms with E-state index >= 15 is 0 Å². The molecule has 0 N–H and O–H groups in total. The number of hydrogen-bond acceptors (Lipinski definition) is 6. The molecule has 0 aliphatic carbocycles. The van der Waals surface area contributed by atoms with Crippen molar-refractivity contribution in [3.8, 4) is 11.5 Å². The molecule has 2 aliphatic rings. The van der Waals surface area contributed by atoms with Gasteiger partial charge in [0.15, 0.2) is 11.5 Å².